The molecule has 0 bridgehead atoms. The Morgan fingerprint density at radius 3 is 2.32 bits per heavy atom. The Morgan fingerprint density at radius 2 is 1.73 bits per heavy atom. The standard InChI is InChI=1S/C18H17Cl2NO/c1-2-12-8-10-14(11-9-12)21-17(22)16-15(18(16,19)20)13-6-4-3-5-7-13/h3-11,15-16H,2H2,1H3,(H,21,22)/t15-,16+/m0/s1. The van der Waals surface area contributed by atoms with Gasteiger partial charge in [-0.1, -0.05) is 49.4 Å². The zero-order valence-electron chi connectivity index (χ0n) is 12.2. The highest BCUT2D eigenvalue weighted by Crippen LogP contribution is 2.65. The number of aryl methyl sites for hydroxylation is 1. The highest BCUT2D eigenvalue weighted by molar-refractivity contribution is 6.53. The molecule has 0 heterocycles. The maximum absolute atomic E-state index is 12.4. The third-order valence-corrected chi connectivity index (χ3v) is 5.06. The monoisotopic (exact) mass is 333 g/mol. The van der Waals surface area contributed by atoms with Gasteiger partial charge in [-0.25, -0.2) is 0 Å². The number of nitrogens with one attached hydrogen (secondary N) is 1. The molecule has 4 heteroatoms. The van der Waals surface area contributed by atoms with Crippen LogP contribution in [-0.2, 0) is 11.2 Å². The van der Waals surface area contributed by atoms with Crippen molar-refractivity contribution in [3.63, 3.8) is 0 Å². The van der Waals surface area contributed by atoms with Crippen LogP contribution in [0.3, 0.4) is 0 Å². The summed E-state index contributed by atoms with van der Waals surface area (Å²) in [6.45, 7) is 2.09. The van der Waals surface area contributed by atoms with Gasteiger partial charge in [-0.15, -0.1) is 23.2 Å². The smallest absolute Gasteiger partial charge is 0.231 e. The first-order valence-corrected chi connectivity index (χ1v) is 8.12. The lowest BCUT2D eigenvalue weighted by Crippen LogP contribution is -2.17. The van der Waals surface area contributed by atoms with E-state index < -0.39 is 10.3 Å². The average Bonchev–Trinajstić information content (AvgIpc) is 3.11. The van der Waals surface area contributed by atoms with E-state index in [-0.39, 0.29) is 11.8 Å². The molecule has 2 nitrogen and oxygen atoms in total. The third kappa shape index (κ3) is 2.86. The van der Waals surface area contributed by atoms with Crippen molar-refractivity contribution in [1.29, 1.82) is 0 Å². The molecule has 0 aliphatic heterocycles. The molecule has 2 atom stereocenters. The molecular formula is C18H17Cl2NO. The van der Waals surface area contributed by atoms with E-state index in [2.05, 4.69) is 12.2 Å². The van der Waals surface area contributed by atoms with Gasteiger partial charge in [0.2, 0.25) is 5.91 Å². The summed E-state index contributed by atoms with van der Waals surface area (Å²) in [6.07, 6.45) is 0.972. The summed E-state index contributed by atoms with van der Waals surface area (Å²) in [6, 6.07) is 17.5. The van der Waals surface area contributed by atoms with Crippen molar-refractivity contribution < 1.29 is 4.79 Å². The fraction of sp³-hybridized carbons (Fsp3) is 0.278. The lowest BCUT2D eigenvalue weighted by molar-refractivity contribution is -0.117. The number of hydrogen-bond acceptors (Lipinski definition) is 1. The first kappa shape index (κ1) is 15.4. The molecule has 1 fully saturated rings. The second-order valence-electron chi connectivity index (χ2n) is 5.58. The van der Waals surface area contributed by atoms with Crippen LogP contribution < -0.4 is 5.32 Å². The van der Waals surface area contributed by atoms with Crippen LogP contribution in [0.25, 0.3) is 0 Å². The predicted octanol–water partition coefficient (Wildman–Crippen LogP) is 4.78. The van der Waals surface area contributed by atoms with E-state index in [4.69, 9.17) is 23.2 Å². The van der Waals surface area contributed by atoms with Crippen molar-refractivity contribution in [2.75, 3.05) is 5.32 Å². The summed E-state index contributed by atoms with van der Waals surface area (Å²) >= 11 is 12.6. The highest BCUT2D eigenvalue weighted by atomic mass is 35.5. The van der Waals surface area contributed by atoms with Gasteiger partial charge in [0.25, 0.3) is 0 Å². The minimum atomic E-state index is -1.03. The van der Waals surface area contributed by atoms with Gasteiger partial charge in [0, 0.05) is 11.6 Å². The number of rotatable bonds is 4. The topological polar surface area (TPSA) is 29.1 Å². The molecule has 0 saturated heterocycles. The van der Waals surface area contributed by atoms with Gasteiger partial charge in [-0.3, -0.25) is 4.79 Å². The molecule has 114 valence electrons. The van der Waals surface area contributed by atoms with Crippen LogP contribution >= 0.6 is 23.2 Å². The van der Waals surface area contributed by atoms with Crippen LogP contribution in [0.15, 0.2) is 54.6 Å². The molecule has 3 rings (SSSR count). The molecule has 1 amide bonds. The maximum atomic E-state index is 12.4. The summed E-state index contributed by atoms with van der Waals surface area (Å²) in [5, 5.41) is 2.90. The Hall–Kier alpha value is -1.51. The van der Waals surface area contributed by atoms with Crippen LogP contribution in [0.1, 0.15) is 24.0 Å². The Morgan fingerprint density at radius 1 is 1.09 bits per heavy atom. The van der Waals surface area contributed by atoms with Crippen LogP contribution in [0.4, 0.5) is 5.69 Å². The quantitative estimate of drug-likeness (QED) is 0.802. The van der Waals surface area contributed by atoms with Gasteiger partial charge in [0.1, 0.15) is 4.33 Å². The van der Waals surface area contributed by atoms with Crippen molar-refractivity contribution >= 4 is 34.8 Å². The summed E-state index contributed by atoms with van der Waals surface area (Å²) in [4.78, 5) is 12.4. The molecule has 1 aliphatic rings. The Bertz CT molecular complexity index is 667. The molecule has 0 radical (unpaired) electrons. The second kappa shape index (κ2) is 5.94. The van der Waals surface area contributed by atoms with Crippen LogP contribution in [0, 0.1) is 5.92 Å². The average molecular weight is 334 g/mol. The van der Waals surface area contributed by atoms with Gasteiger partial charge in [-0.2, -0.15) is 0 Å². The van der Waals surface area contributed by atoms with Gasteiger partial charge in [0.15, 0.2) is 0 Å². The SMILES string of the molecule is CCc1ccc(NC(=O)[C@H]2[C@H](c3ccccc3)C2(Cl)Cl)cc1. The zero-order chi connectivity index (χ0) is 15.7. The molecule has 1 saturated carbocycles. The Balaban J connectivity index is 1.72. The molecule has 1 N–H and O–H groups in total. The largest absolute Gasteiger partial charge is 0.326 e. The summed E-state index contributed by atoms with van der Waals surface area (Å²) < 4.78 is -1.03. The number of alkyl halides is 2. The van der Waals surface area contributed by atoms with Gasteiger partial charge in [0.05, 0.1) is 5.92 Å². The molecule has 22 heavy (non-hydrogen) atoms. The summed E-state index contributed by atoms with van der Waals surface area (Å²) in [5.41, 5.74) is 3.00. The number of hydrogen-bond donors (Lipinski definition) is 1. The zero-order valence-corrected chi connectivity index (χ0v) is 13.7. The molecule has 2 aromatic carbocycles. The van der Waals surface area contributed by atoms with Gasteiger partial charge < -0.3 is 5.32 Å². The Labute approximate surface area is 140 Å². The van der Waals surface area contributed by atoms with E-state index in [1.54, 1.807) is 0 Å². The Kier molecular flexibility index (Phi) is 4.16. The molecule has 2 aromatic rings. The summed E-state index contributed by atoms with van der Waals surface area (Å²) in [5.74, 6) is -0.723. The predicted molar refractivity (Wildman–Crippen MR) is 91.6 cm³/mol. The van der Waals surface area contributed by atoms with E-state index >= 15 is 0 Å². The summed E-state index contributed by atoms with van der Waals surface area (Å²) in [7, 11) is 0. The van der Waals surface area contributed by atoms with E-state index in [1.165, 1.54) is 5.56 Å². The molecule has 0 spiro atoms. The molecule has 1 aliphatic carbocycles. The maximum Gasteiger partial charge on any atom is 0.231 e. The van der Waals surface area contributed by atoms with Crippen molar-refractivity contribution in [3.8, 4) is 0 Å². The number of halogens is 2. The highest BCUT2D eigenvalue weighted by Gasteiger charge is 2.67. The van der Waals surface area contributed by atoms with Gasteiger partial charge >= 0.3 is 0 Å². The van der Waals surface area contributed by atoms with Crippen LogP contribution in [0.2, 0.25) is 0 Å². The second-order valence-corrected chi connectivity index (χ2v) is 7.02. The molecule has 0 unspecified atom stereocenters. The van der Waals surface area contributed by atoms with Crippen LogP contribution in [-0.4, -0.2) is 10.2 Å². The number of anilines is 1. The first-order chi connectivity index (χ1) is 10.5. The van der Waals surface area contributed by atoms with E-state index in [0.29, 0.717) is 0 Å². The fourth-order valence-electron chi connectivity index (χ4n) is 2.77. The minimum absolute atomic E-state index is 0.136. The normalized spacial score (nSPS) is 22.1. The van der Waals surface area contributed by atoms with E-state index in [1.807, 2.05) is 54.6 Å². The molecular weight excluding hydrogens is 317 g/mol. The minimum Gasteiger partial charge on any atom is -0.326 e. The van der Waals surface area contributed by atoms with Crippen LogP contribution in [0.5, 0.6) is 0 Å². The fourth-order valence-corrected chi connectivity index (χ4v) is 3.60. The first-order valence-electron chi connectivity index (χ1n) is 7.36. The van der Waals surface area contributed by atoms with Crippen molar-refractivity contribution in [2.24, 2.45) is 5.92 Å². The third-order valence-electron chi connectivity index (χ3n) is 4.12. The number of carbonyl (C=O) groups is 1. The van der Waals surface area contributed by atoms with Gasteiger partial charge in [-0.05, 0) is 29.7 Å². The number of benzene rings is 2. The lowest BCUT2D eigenvalue weighted by atomic mass is 10.1. The number of amides is 1. The van der Waals surface area contributed by atoms with Crippen molar-refractivity contribution in [2.45, 2.75) is 23.6 Å². The molecule has 0 aromatic heterocycles. The van der Waals surface area contributed by atoms with Crippen molar-refractivity contribution in [1.82, 2.24) is 0 Å². The van der Waals surface area contributed by atoms with E-state index in [9.17, 15) is 4.79 Å². The number of carbonyl (C=O) groups excluding carboxylic acids is 1. The lowest BCUT2D eigenvalue weighted by Gasteiger charge is -2.06. The van der Waals surface area contributed by atoms with E-state index in [0.717, 1.165) is 17.7 Å². The van der Waals surface area contributed by atoms with Crippen molar-refractivity contribution in [3.05, 3.63) is 65.7 Å².